The Morgan fingerprint density at radius 2 is 2.16 bits per heavy atom. The molecule has 0 amide bonds. The molecule has 0 aliphatic rings. The van der Waals surface area contributed by atoms with Crippen LogP contribution in [0.5, 0.6) is 5.88 Å². The van der Waals surface area contributed by atoms with Gasteiger partial charge in [-0.25, -0.2) is 4.98 Å². The van der Waals surface area contributed by atoms with Gasteiger partial charge in [-0.1, -0.05) is 6.07 Å². The van der Waals surface area contributed by atoms with Gasteiger partial charge in [0.2, 0.25) is 11.8 Å². The molecule has 3 heterocycles. The van der Waals surface area contributed by atoms with E-state index in [-0.39, 0.29) is 5.95 Å². The molecule has 0 saturated heterocycles. The van der Waals surface area contributed by atoms with Crippen LogP contribution in [0.4, 0.5) is 5.95 Å². The Balaban J connectivity index is 1.73. The van der Waals surface area contributed by atoms with Crippen LogP contribution in [0.15, 0.2) is 30.7 Å². The Kier molecular flexibility index (Phi) is 2.93. The molecule has 0 aliphatic carbocycles. The smallest absolute Gasteiger partial charge is 0.245 e. The molecule has 0 fully saturated rings. The Labute approximate surface area is 108 Å². The molecule has 3 rings (SSSR count). The largest absolute Gasteiger partial charge is 0.476 e. The minimum atomic E-state index is 0.146. The maximum absolute atomic E-state index is 5.62. The number of nitrogens with zero attached hydrogens (tertiary/aromatic N) is 4. The monoisotopic (exact) mass is 256 g/mol. The summed E-state index contributed by atoms with van der Waals surface area (Å²) in [5.41, 5.74) is 7.71. The number of fused-ring (bicyclic) bond motifs is 1. The van der Waals surface area contributed by atoms with Gasteiger partial charge in [0.25, 0.3) is 0 Å². The summed E-state index contributed by atoms with van der Waals surface area (Å²) in [6.45, 7) is 0.460. The van der Waals surface area contributed by atoms with Gasteiger partial charge in [0.05, 0.1) is 12.9 Å². The predicted octanol–water partition coefficient (Wildman–Crippen LogP) is 0.952. The molecule has 3 N–H and O–H groups in total. The topological polar surface area (TPSA) is 103 Å². The van der Waals surface area contributed by atoms with Gasteiger partial charge in [0.1, 0.15) is 5.52 Å². The van der Waals surface area contributed by atoms with Gasteiger partial charge >= 0.3 is 0 Å². The van der Waals surface area contributed by atoms with E-state index >= 15 is 0 Å². The summed E-state index contributed by atoms with van der Waals surface area (Å²) in [7, 11) is 0. The van der Waals surface area contributed by atoms with Crippen molar-refractivity contribution in [2.75, 3.05) is 12.3 Å². The van der Waals surface area contributed by atoms with E-state index in [4.69, 9.17) is 10.5 Å². The van der Waals surface area contributed by atoms with Crippen molar-refractivity contribution in [2.24, 2.45) is 0 Å². The third kappa shape index (κ3) is 2.44. The quantitative estimate of drug-likeness (QED) is 0.720. The van der Waals surface area contributed by atoms with Crippen LogP contribution in [0.1, 0.15) is 5.69 Å². The molecule has 96 valence electrons. The summed E-state index contributed by atoms with van der Waals surface area (Å²) in [4.78, 5) is 19.2. The maximum Gasteiger partial charge on any atom is 0.245 e. The highest BCUT2D eigenvalue weighted by Crippen LogP contribution is 2.19. The Hall–Kier alpha value is -2.70. The van der Waals surface area contributed by atoms with E-state index in [1.165, 1.54) is 6.33 Å². The van der Waals surface area contributed by atoms with Gasteiger partial charge < -0.3 is 15.5 Å². The van der Waals surface area contributed by atoms with E-state index in [1.54, 1.807) is 6.20 Å². The van der Waals surface area contributed by atoms with Gasteiger partial charge in [-0.15, -0.1) is 0 Å². The second-order valence-electron chi connectivity index (χ2n) is 3.91. The number of nitrogens with one attached hydrogen (secondary N) is 1. The Morgan fingerprint density at radius 1 is 1.21 bits per heavy atom. The van der Waals surface area contributed by atoms with Crippen LogP contribution < -0.4 is 10.5 Å². The van der Waals surface area contributed by atoms with Gasteiger partial charge in [0, 0.05) is 18.3 Å². The first-order chi connectivity index (χ1) is 9.33. The van der Waals surface area contributed by atoms with Crippen molar-refractivity contribution in [3.05, 3.63) is 36.4 Å². The highest BCUT2D eigenvalue weighted by Gasteiger charge is 2.09. The second-order valence-corrected chi connectivity index (χ2v) is 3.91. The average molecular weight is 256 g/mol. The number of hydrogen-bond donors (Lipinski definition) is 2. The molecule has 3 aromatic rings. The van der Waals surface area contributed by atoms with Gasteiger partial charge in [-0.05, 0) is 12.1 Å². The number of H-pyrrole nitrogens is 1. The Bertz CT molecular complexity index is 681. The lowest BCUT2D eigenvalue weighted by molar-refractivity contribution is 0.312. The molecule has 7 heteroatoms. The van der Waals surface area contributed by atoms with E-state index in [2.05, 4.69) is 24.9 Å². The molecular formula is C12H12N6O. The lowest BCUT2D eigenvalue weighted by atomic mass is 10.3. The molecule has 0 aromatic carbocycles. The molecule has 0 aliphatic heterocycles. The van der Waals surface area contributed by atoms with E-state index in [0.29, 0.717) is 30.1 Å². The SMILES string of the molecule is Nc1nc(OCCc2ccccn2)c2[nH]cnc2n1. The van der Waals surface area contributed by atoms with Gasteiger partial charge in [-0.2, -0.15) is 9.97 Å². The van der Waals surface area contributed by atoms with E-state index in [0.717, 1.165) is 5.69 Å². The number of hydrogen-bond acceptors (Lipinski definition) is 6. The summed E-state index contributed by atoms with van der Waals surface area (Å²) in [5.74, 6) is 0.559. The molecule has 7 nitrogen and oxygen atoms in total. The molecule has 0 saturated carbocycles. The van der Waals surface area contributed by atoms with Gasteiger partial charge in [-0.3, -0.25) is 4.98 Å². The summed E-state index contributed by atoms with van der Waals surface area (Å²) in [6.07, 6.45) is 3.98. The molecule has 0 radical (unpaired) electrons. The van der Waals surface area contributed by atoms with Crippen molar-refractivity contribution in [3.8, 4) is 5.88 Å². The lowest BCUT2D eigenvalue weighted by Crippen LogP contribution is -2.06. The molecule has 0 unspecified atom stereocenters. The standard InChI is InChI=1S/C12H12N6O/c13-12-17-10-9(15-7-16-10)11(18-12)19-6-4-8-3-1-2-5-14-8/h1-3,5,7H,4,6H2,(H3,13,15,16,17,18). The van der Waals surface area contributed by atoms with Crippen LogP contribution in [-0.4, -0.2) is 31.5 Å². The minimum Gasteiger partial charge on any atom is -0.476 e. The molecule has 3 aromatic heterocycles. The van der Waals surface area contributed by atoms with Crippen molar-refractivity contribution in [1.29, 1.82) is 0 Å². The fourth-order valence-electron chi connectivity index (χ4n) is 1.73. The van der Waals surface area contributed by atoms with Gasteiger partial charge in [0.15, 0.2) is 5.65 Å². The fraction of sp³-hybridized carbons (Fsp3) is 0.167. The van der Waals surface area contributed by atoms with Crippen LogP contribution in [0.3, 0.4) is 0 Å². The van der Waals surface area contributed by atoms with Crippen LogP contribution in [-0.2, 0) is 6.42 Å². The number of aromatic amines is 1. The molecule has 0 spiro atoms. The van der Waals surface area contributed by atoms with Crippen LogP contribution in [0.2, 0.25) is 0 Å². The van der Waals surface area contributed by atoms with Crippen molar-refractivity contribution in [2.45, 2.75) is 6.42 Å². The summed E-state index contributed by atoms with van der Waals surface area (Å²) in [5, 5.41) is 0. The Morgan fingerprint density at radius 3 is 3.00 bits per heavy atom. The first kappa shape index (κ1) is 11.4. The molecule has 0 atom stereocenters. The zero-order chi connectivity index (χ0) is 13.1. The van der Waals surface area contributed by atoms with Crippen LogP contribution >= 0.6 is 0 Å². The molecule has 19 heavy (non-hydrogen) atoms. The first-order valence-corrected chi connectivity index (χ1v) is 5.82. The summed E-state index contributed by atoms with van der Waals surface area (Å²) < 4.78 is 5.62. The highest BCUT2D eigenvalue weighted by atomic mass is 16.5. The van der Waals surface area contributed by atoms with Crippen LogP contribution in [0.25, 0.3) is 11.2 Å². The summed E-state index contributed by atoms with van der Waals surface area (Å²) in [6, 6.07) is 5.77. The van der Waals surface area contributed by atoms with Crippen molar-refractivity contribution < 1.29 is 4.74 Å². The number of nitrogens with two attached hydrogens (primary N) is 1. The number of nitrogen functional groups attached to an aromatic ring is 1. The third-order valence-electron chi connectivity index (χ3n) is 2.59. The lowest BCUT2D eigenvalue weighted by Gasteiger charge is -2.06. The zero-order valence-electron chi connectivity index (χ0n) is 10.1. The van der Waals surface area contributed by atoms with E-state index in [1.807, 2.05) is 18.2 Å². The number of ether oxygens (including phenoxy) is 1. The minimum absolute atomic E-state index is 0.146. The summed E-state index contributed by atoms with van der Waals surface area (Å²) >= 11 is 0. The molecule has 0 bridgehead atoms. The maximum atomic E-state index is 5.62. The normalized spacial score (nSPS) is 10.7. The predicted molar refractivity (Wildman–Crippen MR) is 69.5 cm³/mol. The average Bonchev–Trinajstić information content (AvgIpc) is 2.88. The van der Waals surface area contributed by atoms with Crippen molar-refractivity contribution >= 4 is 17.1 Å². The number of anilines is 1. The number of imidazole rings is 1. The number of rotatable bonds is 4. The number of aromatic nitrogens is 5. The third-order valence-corrected chi connectivity index (χ3v) is 2.59. The second kappa shape index (κ2) is 4.89. The first-order valence-electron chi connectivity index (χ1n) is 5.82. The van der Waals surface area contributed by atoms with E-state index < -0.39 is 0 Å². The van der Waals surface area contributed by atoms with Crippen LogP contribution in [0, 0.1) is 0 Å². The highest BCUT2D eigenvalue weighted by molar-refractivity contribution is 5.76. The number of pyridine rings is 1. The zero-order valence-corrected chi connectivity index (χ0v) is 10.1. The molecular weight excluding hydrogens is 244 g/mol. The fourth-order valence-corrected chi connectivity index (χ4v) is 1.73. The van der Waals surface area contributed by atoms with Crippen molar-refractivity contribution in [3.63, 3.8) is 0 Å². The van der Waals surface area contributed by atoms with E-state index in [9.17, 15) is 0 Å². The van der Waals surface area contributed by atoms with Crippen molar-refractivity contribution in [1.82, 2.24) is 24.9 Å².